The Kier molecular flexibility index (Phi) is 5.32. The van der Waals surface area contributed by atoms with E-state index in [1.54, 1.807) is 0 Å². The second-order valence-corrected chi connectivity index (χ2v) is 7.47. The van der Waals surface area contributed by atoms with Crippen molar-refractivity contribution in [2.45, 2.75) is 45.3 Å². The highest BCUT2D eigenvalue weighted by atomic mass is 32.1. The van der Waals surface area contributed by atoms with Crippen LogP contribution in [-0.2, 0) is 29.4 Å². The first-order chi connectivity index (χ1) is 11.1. The van der Waals surface area contributed by atoms with Gasteiger partial charge in [-0.15, -0.1) is 11.3 Å². The highest BCUT2D eigenvalue weighted by molar-refractivity contribution is 7.09. The Balaban J connectivity index is 1.93. The van der Waals surface area contributed by atoms with E-state index < -0.39 is 11.7 Å². The molecule has 0 fully saturated rings. The van der Waals surface area contributed by atoms with Crippen molar-refractivity contribution in [1.82, 2.24) is 10.3 Å². The highest BCUT2D eigenvalue weighted by Gasteiger charge is 2.30. The number of benzene rings is 1. The summed E-state index contributed by atoms with van der Waals surface area (Å²) in [6, 6.07) is 4.81. The largest absolute Gasteiger partial charge is 0.416 e. The molecule has 1 aromatic carbocycles. The van der Waals surface area contributed by atoms with Crippen LogP contribution in [0, 0.1) is 0 Å². The smallest absolute Gasteiger partial charge is 0.349 e. The number of halogens is 3. The molecule has 0 bridgehead atoms. The summed E-state index contributed by atoms with van der Waals surface area (Å²) in [6.07, 6.45) is -4.50. The van der Waals surface area contributed by atoms with Gasteiger partial charge in [-0.25, -0.2) is 4.98 Å². The van der Waals surface area contributed by atoms with E-state index in [2.05, 4.69) is 31.1 Å². The minimum absolute atomic E-state index is 0.0587. The predicted molar refractivity (Wildman–Crippen MR) is 87.8 cm³/mol. The van der Waals surface area contributed by atoms with E-state index in [0.717, 1.165) is 22.8 Å². The molecule has 130 valence electrons. The molecule has 0 saturated carbocycles. The fraction of sp³-hybridized carbons (Fsp3) is 0.412. The number of aromatic nitrogens is 1. The van der Waals surface area contributed by atoms with E-state index >= 15 is 0 Å². The Bertz CT molecular complexity index is 717. The Labute approximate surface area is 142 Å². The molecule has 0 aliphatic rings. The molecule has 0 saturated heterocycles. The van der Waals surface area contributed by atoms with Crippen LogP contribution in [0.15, 0.2) is 29.6 Å². The van der Waals surface area contributed by atoms with E-state index in [4.69, 9.17) is 0 Å². The summed E-state index contributed by atoms with van der Waals surface area (Å²) in [6.45, 7) is 6.44. The fourth-order valence-corrected chi connectivity index (χ4v) is 2.98. The molecule has 0 aliphatic heterocycles. The van der Waals surface area contributed by atoms with Gasteiger partial charge in [-0.1, -0.05) is 39.0 Å². The van der Waals surface area contributed by atoms with E-state index in [1.807, 2.05) is 5.38 Å². The highest BCUT2D eigenvalue weighted by Crippen LogP contribution is 2.29. The summed E-state index contributed by atoms with van der Waals surface area (Å²) in [5.41, 5.74) is 0.477. The quantitative estimate of drug-likeness (QED) is 0.887. The third-order valence-corrected chi connectivity index (χ3v) is 4.22. The van der Waals surface area contributed by atoms with Crippen LogP contribution in [0.5, 0.6) is 0 Å². The molecule has 1 aromatic heterocycles. The van der Waals surface area contributed by atoms with Crippen molar-refractivity contribution < 1.29 is 18.0 Å². The maximum Gasteiger partial charge on any atom is 0.416 e. The Morgan fingerprint density at radius 2 is 1.96 bits per heavy atom. The minimum atomic E-state index is -4.41. The second-order valence-electron chi connectivity index (χ2n) is 6.53. The number of carbonyl (C=O) groups excluding carboxylic acids is 1. The van der Waals surface area contributed by atoms with Crippen molar-refractivity contribution in [3.05, 3.63) is 51.5 Å². The summed E-state index contributed by atoms with van der Waals surface area (Å²) in [5.74, 6) is -0.332. The number of rotatable bonds is 4. The van der Waals surface area contributed by atoms with E-state index in [9.17, 15) is 18.0 Å². The van der Waals surface area contributed by atoms with Crippen molar-refractivity contribution >= 4 is 17.2 Å². The standard InChI is InChI=1S/C17H19F3N2OS/c1-16(2,3)13-10-24-15(22-13)9-21-14(23)8-11-5-4-6-12(7-11)17(18,19)20/h4-7,10H,8-9H2,1-3H3,(H,21,23). The van der Waals surface area contributed by atoms with Crippen molar-refractivity contribution in [3.8, 4) is 0 Å². The second kappa shape index (κ2) is 6.93. The third kappa shape index (κ3) is 5.06. The average molecular weight is 356 g/mol. The molecular weight excluding hydrogens is 337 g/mol. The van der Waals surface area contributed by atoms with Crippen LogP contribution in [0.1, 0.15) is 42.6 Å². The molecule has 1 amide bonds. The van der Waals surface area contributed by atoms with Crippen LogP contribution in [0.25, 0.3) is 0 Å². The fourth-order valence-electron chi connectivity index (χ4n) is 2.02. The monoisotopic (exact) mass is 356 g/mol. The van der Waals surface area contributed by atoms with E-state index in [-0.39, 0.29) is 24.3 Å². The first kappa shape index (κ1) is 18.4. The summed E-state index contributed by atoms with van der Waals surface area (Å²) in [5, 5.41) is 5.43. The van der Waals surface area contributed by atoms with Gasteiger partial charge in [0.05, 0.1) is 24.2 Å². The van der Waals surface area contributed by atoms with Gasteiger partial charge in [0.1, 0.15) is 5.01 Å². The molecule has 1 N–H and O–H groups in total. The van der Waals surface area contributed by atoms with Crippen LogP contribution in [0.4, 0.5) is 13.2 Å². The number of nitrogens with one attached hydrogen (secondary N) is 1. The third-order valence-electron chi connectivity index (χ3n) is 3.38. The molecule has 2 aromatic rings. The van der Waals surface area contributed by atoms with Gasteiger partial charge in [0.2, 0.25) is 5.91 Å². The first-order valence-corrected chi connectivity index (χ1v) is 8.31. The Morgan fingerprint density at radius 1 is 1.25 bits per heavy atom. The topological polar surface area (TPSA) is 42.0 Å². The molecule has 1 heterocycles. The van der Waals surface area contributed by atoms with Crippen molar-refractivity contribution in [1.29, 1.82) is 0 Å². The molecule has 0 aliphatic carbocycles. The maximum absolute atomic E-state index is 12.7. The van der Waals surface area contributed by atoms with Gasteiger partial charge in [0, 0.05) is 10.8 Å². The lowest BCUT2D eigenvalue weighted by Crippen LogP contribution is -2.24. The summed E-state index contributed by atoms with van der Waals surface area (Å²) in [4.78, 5) is 16.4. The van der Waals surface area contributed by atoms with Crippen LogP contribution in [0.2, 0.25) is 0 Å². The molecule has 0 unspecified atom stereocenters. The van der Waals surface area contributed by atoms with Crippen LogP contribution >= 0.6 is 11.3 Å². The van der Waals surface area contributed by atoms with Gasteiger partial charge in [-0.3, -0.25) is 4.79 Å². The molecule has 7 heteroatoms. The number of hydrogen-bond acceptors (Lipinski definition) is 3. The average Bonchev–Trinajstić information content (AvgIpc) is 2.93. The normalized spacial score (nSPS) is 12.2. The number of carbonyl (C=O) groups is 1. The van der Waals surface area contributed by atoms with Gasteiger partial charge in [-0.2, -0.15) is 13.2 Å². The summed E-state index contributed by atoms with van der Waals surface area (Å²) in [7, 11) is 0. The van der Waals surface area contributed by atoms with Crippen LogP contribution in [0.3, 0.4) is 0 Å². The molecule has 3 nitrogen and oxygen atoms in total. The zero-order chi connectivity index (χ0) is 18.0. The number of hydrogen-bond donors (Lipinski definition) is 1. The number of nitrogens with zero attached hydrogens (tertiary/aromatic N) is 1. The van der Waals surface area contributed by atoms with Gasteiger partial charge >= 0.3 is 6.18 Å². The van der Waals surface area contributed by atoms with Crippen molar-refractivity contribution in [2.24, 2.45) is 0 Å². The van der Waals surface area contributed by atoms with Crippen LogP contribution < -0.4 is 5.32 Å². The lowest BCUT2D eigenvalue weighted by Gasteiger charge is -2.14. The minimum Gasteiger partial charge on any atom is -0.349 e. The molecule has 0 spiro atoms. The van der Waals surface area contributed by atoms with E-state index in [0.29, 0.717) is 5.56 Å². The molecular formula is C17H19F3N2OS. The zero-order valence-corrected chi connectivity index (χ0v) is 14.5. The number of thiazole rings is 1. The lowest BCUT2D eigenvalue weighted by atomic mass is 9.93. The zero-order valence-electron chi connectivity index (χ0n) is 13.7. The molecule has 24 heavy (non-hydrogen) atoms. The van der Waals surface area contributed by atoms with Gasteiger partial charge in [0.15, 0.2) is 0 Å². The van der Waals surface area contributed by atoms with Crippen LogP contribution in [-0.4, -0.2) is 10.9 Å². The first-order valence-electron chi connectivity index (χ1n) is 7.43. The molecule has 0 atom stereocenters. The summed E-state index contributed by atoms with van der Waals surface area (Å²) < 4.78 is 38.0. The van der Waals surface area contributed by atoms with Crippen molar-refractivity contribution in [2.75, 3.05) is 0 Å². The number of alkyl halides is 3. The maximum atomic E-state index is 12.7. The Morgan fingerprint density at radius 3 is 2.54 bits per heavy atom. The predicted octanol–water partition coefficient (Wildman–Crippen LogP) is 4.32. The van der Waals surface area contributed by atoms with Gasteiger partial charge in [0.25, 0.3) is 0 Å². The van der Waals surface area contributed by atoms with E-state index in [1.165, 1.54) is 23.5 Å². The number of amides is 1. The van der Waals surface area contributed by atoms with Gasteiger partial charge in [-0.05, 0) is 11.6 Å². The van der Waals surface area contributed by atoms with Gasteiger partial charge < -0.3 is 5.32 Å². The molecule has 2 rings (SSSR count). The Hall–Kier alpha value is -1.89. The molecule has 0 radical (unpaired) electrons. The SMILES string of the molecule is CC(C)(C)c1csc(CNC(=O)Cc2cccc(C(F)(F)F)c2)n1. The summed E-state index contributed by atoms with van der Waals surface area (Å²) >= 11 is 1.46. The van der Waals surface area contributed by atoms with Crippen molar-refractivity contribution in [3.63, 3.8) is 0 Å². The lowest BCUT2D eigenvalue weighted by molar-refractivity contribution is -0.137.